The second-order valence-corrected chi connectivity index (χ2v) is 6.07. The fraction of sp³-hybridized carbons (Fsp3) is 0.500. The van der Waals surface area contributed by atoms with Crippen LogP contribution >= 0.6 is 0 Å². The Balaban J connectivity index is 2.89. The second-order valence-electron chi connectivity index (χ2n) is 6.07. The lowest BCUT2D eigenvalue weighted by molar-refractivity contribution is -0.386. The van der Waals surface area contributed by atoms with Crippen molar-refractivity contribution in [3.05, 3.63) is 34.1 Å². The van der Waals surface area contributed by atoms with Gasteiger partial charge in [-0.3, -0.25) is 14.9 Å². The number of rotatable bonds is 6. The van der Waals surface area contributed by atoms with Gasteiger partial charge in [0.2, 0.25) is 5.82 Å². The van der Waals surface area contributed by atoms with Gasteiger partial charge in [0.25, 0.3) is 0 Å². The van der Waals surface area contributed by atoms with Gasteiger partial charge in [-0.15, -0.1) is 0 Å². The molecule has 0 aromatic heterocycles. The molecule has 2 N–H and O–H groups in total. The number of anilines is 1. The molecule has 1 atom stereocenters. The maximum Gasteiger partial charge on any atom is 0.327 e. The Hall–Kier alpha value is -2.18. The summed E-state index contributed by atoms with van der Waals surface area (Å²) < 4.78 is 13.5. The van der Waals surface area contributed by atoms with Gasteiger partial charge < -0.3 is 10.4 Å². The monoisotopic (exact) mass is 298 g/mol. The number of nitrogens with one attached hydrogen (secondary N) is 1. The number of nitro benzene ring substituents is 1. The van der Waals surface area contributed by atoms with Crippen LogP contribution in [0.5, 0.6) is 0 Å². The van der Waals surface area contributed by atoms with Crippen molar-refractivity contribution in [3.8, 4) is 0 Å². The van der Waals surface area contributed by atoms with E-state index in [4.69, 9.17) is 0 Å². The van der Waals surface area contributed by atoms with Gasteiger partial charge in [-0.1, -0.05) is 26.8 Å². The first-order valence-electron chi connectivity index (χ1n) is 6.51. The summed E-state index contributed by atoms with van der Waals surface area (Å²) in [5, 5.41) is 22.7. The Morgan fingerprint density at radius 3 is 2.57 bits per heavy atom. The molecule has 1 aromatic carbocycles. The number of aliphatic carboxylic acids is 1. The summed E-state index contributed by atoms with van der Waals surface area (Å²) >= 11 is 0. The lowest BCUT2D eigenvalue weighted by Crippen LogP contribution is -2.27. The highest BCUT2D eigenvalue weighted by Gasteiger charge is 2.26. The van der Waals surface area contributed by atoms with Crippen LogP contribution in [0, 0.1) is 27.3 Å². The second kappa shape index (κ2) is 6.51. The van der Waals surface area contributed by atoms with E-state index < -0.39 is 28.3 Å². The van der Waals surface area contributed by atoms with E-state index in [0.29, 0.717) is 6.42 Å². The molecule has 0 saturated carbocycles. The molecule has 1 aromatic rings. The molecule has 0 bridgehead atoms. The van der Waals surface area contributed by atoms with Crippen LogP contribution in [0.2, 0.25) is 0 Å². The summed E-state index contributed by atoms with van der Waals surface area (Å²) in [5.74, 6) is -2.66. The van der Waals surface area contributed by atoms with Crippen molar-refractivity contribution in [2.45, 2.75) is 27.2 Å². The minimum atomic E-state index is -0.989. The Morgan fingerprint density at radius 1 is 1.48 bits per heavy atom. The predicted octanol–water partition coefficient (Wildman–Crippen LogP) is 3.28. The molecular weight excluding hydrogens is 279 g/mol. The maximum absolute atomic E-state index is 13.5. The first kappa shape index (κ1) is 16.9. The fourth-order valence-corrected chi connectivity index (χ4v) is 2.06. The molecular formula is C14H19FN2O4. The van der Waals surface area contributed by atoms with E-state index >= 15 is 0 Å². The van der Waals surface area contributed by atoms with E-state index in [0.717, 1.165) is 6.07 Å². The summed E-state index contributed by atoms with van der Waals surface area (Å²) in [4.78, 5) is 21.3. The van der Waals surface area contributed by atoms with Crippen molar-refractivity contribution in [2.75, 3.05) is 11.9 Å². The van der Waals surface area contributed by atoms with Gasteiger partial charge in [-0.05, 0) is 24.0 Å². The van der Waals surface area contributed by atoms with Gasteiger partial charge in [-0.2, -0.15) is 4.39 Å². The average molecular weight is 298 g/mol. The lowest BCUT2D eigenvalue weighted by Gasteiger charge is -2.23. The molecule has 1 rings (SSSR count). The summed E-state index contributed by atoms with van der Waals surface area (Å²) in [6.45, 7) is 5.73. The Labute approximate surface area is 122 Å². The highest BCUT2D eigenvalue weighted by atomic mass is 19.1. The van der Waals surface area contributed by atoms with Crippen molar-refractivity contribution in [1.82, 2.24) is 0 Å². The minimum absolute atomic E-state index is 0.00308. The van der Waals surface area contributed by atoms with Crippen LogP contribution < -0.4 is 5.32 Å². The molecule has 0 amide bonds. The molecule has 0 saturated heterocycles. The smallest absolute Gasteiger partial charge is 0.327 e. The zero-order valence-corrected chi connectivity index (χ0v) is 12.2. The van der Waals surface area contributed by atoms with Crippen molar-refractivity contribution in [2.24, 2.45) is 11.3 Å². The number of nitro groups is 1. The molecule has 0 spiro atoms. The third kappa shape index (κ3) is 5.02. The Bertz CT molecular complexity index is 540. The zero-order chi connectivity index (χ0) is 16.2. The molecule has 0 aliphatic heterocycles. The molecule has 0 fully saturated rings. The fourth-order valence-electron chi connectivity index (χ4n) is 2.06. The van der Waals surface area contributed by atoms with E-state index in [1.54, 1.807) is 0 Å². The highest BCUT2D eigenvalue weighted by Crippen LogP contribution is 2.29. The third-order valence-electron chi connectivity index (χ3n) is 2.92. The number of benzene rings is 1. The molecule has 0 heterocycles. The maximum atomic E-state index is 13.5. The van der Waals surface area contributed by atoms with E-state index in [9.17, 15) is 24.4 Å². The van der Waals surface area contributed by atoms with Crippen LogP contribution in [0.25, 0.3) is 0 Å². The number of para-hydroxylation sites is 1. The van der Waals surface area contributed by atoms with Gasteiger partial charge in [-0.25, -0.2) is 0 Å². The summed E-state index contributed by atoms with van der Waals surface area (Å²) in [5.41, 5.74) is -0.879. The number of nitrogens with zero attached hydrogens (tertiary/aromatic N) is 1. The number of carbonyl (C=O) groups is 1. The van der Waals surface area contributed by atoms with Crippen LogP contribution in [0.3, 0.4) is 0 Å². The van der Waals surface area contributed by atoms with Crippen molar-refractivity contribution >= 4 is 17.3 Å². The van der Waals surface area contributed by atoms with Crippen molar-refractivity contribution in [3.63, 3.8) is 0 Å². The topological polar surface area (TPSA) is 92.5 Å². The molecule has 1 unspecified atom stereocenters. The Morgan fingerprint density at radius 2 is 2.10 bits per heavy atom. The van der Waals surface area contributed by atoms with E-state index in [1.807, 2.05) is 20.8 Å². The Kier molecular flexibility index (Phi) is 5.23. The molecule has 0 radical (unpaired) electrons. The quantitative estimate of drug-likeness (QED) is 0.621. The minimum Gasteiger partial charge on any atom is -0.481 e. The van der Waals surface area contributed by atoms with Crippen LogP contribution in [0.4, 0.5) is 15.8 Å². The first-order chi connectivity index (χ1) is 9.61. The standard InChI is InChI=1S/C14H19FN2O4/c1-14(2,3)7-9(13(18)19)8-16-11-6-4-5-10(15)12(11)17(20)21/h4-6,9,16H,7-8H2,1-3H3,(H,18,19). The van der Waals surface area contributed by atoms with Crippen LogP contribution in [0.15, 0.2) is 18.2 Å². The van der Waals surface area contributed by atoms with E-state index in [2.05, 4.69) is 5.32 Å². The normalized spacial score (nSPS) is 12.8. The lowest BCUT2D eigenvalue weighted by atomic mass is 9.84. The highest BCUT2D eigenvalue weighted by molar-refractivity contribution is 5.71. The van der Waals surface area contributed by atoms with Crippen LogP contribution in [-0.4, -0.2) is 22.5 Å². The number of hydrogen-bond donors (Lipinski definition) is 2. The van der Waals surface area contributed by atoms with Crippen LogP contribution in [0.1, 0.15) is 27.2 Å². The van der Waals surface area contributed by atoms with Crippen molar-refractivity contribution < 1.29 is 19.2 Å². The van der Waals surface area contributed by atoms with Gasteiger partial charge in [0.1, 0.15) is 5.69 Å². The average Bonchev–Trinajstić information content (AvgIpc) is 2.32. The van der Waals surface area contributed by atoms with Gasteiger partial charge >= 0.3 is 11.7 Å². The molecule has 7 heteroatoms. The number of hydrogen-bond acceptors (Lipinski definition) is 4. The van der Waals surface area contributed by atoms with E-state index in [1.165, 1.54) is 12.1 Å². The molecule has 0 aliphatic carbocycles. The number of carboxylic acid groups (broad SMARTS) is 1. The predicted molar refractivity (Wildman–Crippen MR) is 76.7 cm³/mol. The van der Waals surface area contributed by atoms with Gasteiger partial charge in [0.15, 0.2) is 0 Å². The molecule has 116 valence electrons. The SMILES string of the molecule is CC(C)(C)CC(CNc1cccc(F)c1[N+](=O)[O-])C(=O)O. The molecule has 21 heavy (non-hydrogen) atoms. The van der Waals surface area contributed by atoms with Gasteiger partial charge in [0.05, 0.1) is 10.8 Å². The van der Waals surface area contributed by atoms with Gasteiger partial charge in [0, 0.05) is 6.54 Å². The summed E-state index contributed by atoms with van der Waals surface area (Å²) in [7, 11) is 0. The van der Waals surface area contributed by atoms with Crippen molar-refractivity contribution in [1.29, 1.82) is 0 Å². The first-order valence-corrected chi connectivity index (χ1v) is 6.51. The van der Waals surface area contributed by atoms with E-state index in [-0.39, 0.29) is 17.6 Å². The van der Waals surface area contributed by atoms with Crippen LogP contribution in [-0.2, 0) is 4.79 Å². The third-order valence-corrected chi connectivity index (χ3v) is 2.92. The number of carboxylic acids is 1. The largest absolute Gasteiger partial charge is 0.481 e. The molecule has 0 aliphatic rings. The molecule has 6 nitrogen and oxygen atoms in total. The zero-order valence-electron chi connectivity index (χ0n) is 12.2. The number of halogens is 1. The summed E-state index contributed by atoms with van der Waals surface area (Å²) in [6, 6.07) is 3.69. The summed E-state index contributed by atoms with van der Waals surface area (Å²) in [6.07, 6.45) is 0.401.